The number of rotatable bonds is 4. The van der Waals surface area contributed by atoms with Crippen molar-refractivity contribution < 1.29 is 9.90 Å². The van der Waals surface area contributed by atoms with Crippen LogP contribution in [0.5, 0.6) is 0 Å². The van der Waals surface area contributed by atoms with Gasteiger partial charge in [0.25, 0.3) is 0 Å². The van der Waals surface area contributed by atoms with Crippen molar-refractivity contribution in [2.75, 3.05) is 0 Å². The summed E-state index contributed by atoms with van der Waals surface area (Å²) in [6.45, 7) is 0. The van der Waals surface area contributed by atoms with Gasteiger partial charge >= 0.3 is 5.97 Å². The van der Waals surface area contributed by atoms with Crippen LogP contribution in [0.25, 0.3) is 10.7 Å². The maximum absolute atomic E-state index is 10.4. The minimum Gasteiger partial charge on any atom is -0.481 e. The number of carbonyl (C=O) groups is 1. The molecule has 5 nitrogen and oxygen atoms in total. The second kappa shape index (κ2) is 4.44. The first-order valence-electron chi connectivity index (χ1n) is 4.82. The van der Waals surface area contributed by atoms with E-state index in [0.29, 0.717) is 12.2 Å². The third kappa shape index (κ3) is 2.27. The first kappa shape index (κ1) is 10.8. The van der Waals surface area contributed by atoms with Crippen LogP contribution in [0.3, 0.4) is 0 Å². The van der Waals surface area contributed by atoms with E-state index in [1.807, 2.05) is 24.6 Å². The lowest BCUT2D eigenvalue weighted by Crippen LogP contribution is -1.99. The summed E-state index contributed by atoms with van der Waals surface area (Å²) >= 11 is 1.59. The molecule has 0 fully saturated rings. The standard InChI is InChI=1S/C10H11N3O2S/c1-13-10(7-3-2-6-16-7)11-8(12-13)4-5-9(14)15/h2-3,6H,4-5H2,1H3,(H,14,15). The third-order valence-corrected chi connectivity index (χ3v) is 2.98. The van der Waals surface area contributed by atoms with Gasteiger partial charge in [-0.3, -0.25) is 4.79 Å². The summed E-state index contributed by atoms with van der Waals surface area (Å²) in [5.74, 6) is 0.536. The Bertz CT molecular complexity index is 490. The number of nitrogens with zero attached hydrogens (tertiary/aromatic N) is 3. The van der Waals surface area contributed by atoms with Crippen molar-refractivity contribution in [3.63, 3.8) is 0 Å². The highest BCUT2D eigenvalue weighted by Gasteiger charge is 2.10. The summed E-state index contributed by atoms with van der Waals surface area (Å²) in [6, 6.07) is 3.92. The molecule has 2 heterocycles. The van der Waals surface area contributed by atoms with Gasteiger partial charge < -0.3 is 5.11 Å². The van der Waals surface area contributed by atoms with Crippen LogP contribution in [0.2, 0.25) is 0 Å². The number of carboxylic acid groups (broad SMARTS) is 1. The van der Waals surface area contributed by atoms with Crippen LogP contribution in [-0.2, 0) is 18.3 Å². The van der Waals surface area contributed by atoms with Crippen LogP contribution in [-0.4, -0.2) is 25.8 Å². The van der Waals surface area contributed by atoms with Crippen LogP contribution >= 0.6 is 11.3 Å². The Balaban J connectivity index is 2.19. The molecule has 0 unspecified atom stereocenters. The highest BCUT2D eigenvalue weighted by molar-refractivity contribution is 7.13. The molecular formula is C10H11N3O2S. The molecule has 0 saturated carbocycles. The van der Waals surface area contributed by atoms with Gasteiger partial charge in [0.05, 0.1) is 11.3 Å². The van der Waals surface area contributed by atoms with E-state index in [9.17, 15) is 4.79 Å². The lowest BCUT2D eigenvalue weighted by Gasteiger charge is -1.93. The smallest absolute Gasteiger partial charge is 0.303 e. The Morgan fingerprint density at radius 3 is 3.06 bits per heavy atom. The summed E-state index contributed by atoms with van der Waals surface area (Å²) < 4.78 is 1.68. The van der Waals surface area contributed by atoms with E-state index in [4.69, 9.17) is 5.11 Å². The van der Waals surface area contributed by atoms with Crippen LogP contribution in [0.4, 0.5) is 0 Å². The van der Waals surface area contributed by atoms with E-state index in [0.717, 1.165) is 10.7 Å². The molecular weight excluding hydrogens is 226 g/mol. The second-order valence-corrected chi connectivity index (χ2v) is 4.29. The normalized spacial score (nSPS) is 10.6. The predicted molar refractivity (Wildman–Crippen MR) is 60.3 cm³/mol. The van der Waals surface area contributed by atoms with Gasteiger partial charge in [-0.05, 0) is 11.4 Å². The first-order valence-corrected chi connectivity index (χ1v) is 5.70. The number of aromatic nitrogens is 3. The van der Waals surface area contributed by atoms with Gasteiger partial charge in [-0.1, -0.05) is 6.07 Å². The van der Waals surface area contributed by atoms with Crippen molar-refractivity contribution in [2.45, 2.75) is 12.8 Å². The summed E-state index contributed by atoms with van der Waals surface area (Å²) in [6.07, 6.45) is 0.433. The van der Waals surface area contributed by atoms with Crippen molar-refractivity contribution in [2.24, 2.45) is 7.05 Å². The van der Waals surface area contributed by atoms with Gasteiger partial charge in [-0.25, -0.2) is 9.67 Å². The average molecular weight is 237 g/mol. The van der Waals surface area contributed by atoms with Crippen molar-refractivity contribution in [3.8, 4) is 10.7 Å². The number of carboxylic acids is 1. The Morgan fingerprint density at radius 2 is 2.44 bits per heavy atom. The quantitative estimate of drug-likeness (QED) is 0.876. The summed E-state index contributed by atoms with van der Waals surface area (Å²) in [4.78, 5) is 15.8. The molecule has 0 aromatic carbocycles. The van der Waals surface area contributed by atoms with E-state index in [2.05, 4.69) is 10.1 Å². The Kier molecular flexibility index (Phi) is 3.00. The van der Waals surface area contributed by atoms with E-state index in [1.165, 1.54) is 0 Å². The number of thiophene rings is 1. The van der Waals surface area contributed by atoms with Crippen LogP contribution in [0.15, 0.2) is 17.5 Å². The molecule has 0 radical (unpaired) electrons. The van der Waals surface area contributed by atoms with E-state index >= 15 is 0 Å². The fourth-order valence-electron chi connectivity index (χ4n) is 1.38. The first-order chi connectivity index (χ1) is 7.66. The predicted octanol–water partition coefficient (Wildman–Crippen LogP) is 1.56. The zero-order chi connectivity index (χ0) is 11.5. The SMILES string of the molecule is Cn1nc(CCC(=O)O)nc1-c1cccs1. The van der Waals surface area contributed by atoms with Gasteiger partial charge in [-0.2, -0.15) is 5.10 Å². The molecule has 2 aromatic rings. The van der Waals surface area contributed by atoms with Crippen molar-refractivity contribution in [1.29, 1.82) is 0 Å². The van der Waals surface area contributed by atoms with Crippen LogP contribution in [0, 0.1) is 0 Å². The number of hydrogen-bond acceptors (Lipinski definition) is 4. The number of aliphatic carboxylic acids is 1. The molecule has 0 amide bonds. The molecule has 6 heteroatoms. The molecule has 0 bridgehead atoms. The molecule has 2 rings (SSSR count). The van der Waals surface area contributed by atoms with Gasteiger partial charge in [-0.15, -0.1) is 11.3 Å². The minimum atomic E-state index is -0.829. The maximum Gasteiger partial charge on any atom is 0.303 e. The molecule has 0 saturated heterocycles. The van der Waals surface area contributed by atoms with Gasteiger partial charge in [0.2, 0.25) is 0 Å². The van der Waals surface area contributed by atoms with Crippen molar-refractivity contribution >= 4 is 17.3 Å². The molecule has 0 spiro atoms. The van der Waals surface area contributed by atoms with Gasteiger partial charge in [0.15, 0.2) is 11.6 Å². The Labute approximate surface area is 96.4 Å². The van der Waals surface area contributed by atoms with Crippen LogP contribution in [0.1, 0.15) is 12.2 Å². The molecule has 0 atom stereocenters. The zero-order valence-electron chi connectivity index (χ0n) is 8.75. The summed E-state index contributed by atoms with van der Waals surface area (Å²) in [5, 5.41) is 14.7. The molecule has 0 aliphatic heterocycles. The molecule has 2 aromatic heterocycles. The molecule has 1 N–H and O–H groups in total. The minimum absolute atomic E-state index is 0.0634. The molecule has 0 aliphatic carbocycles. The van der Waals surface area contributed by atoms with Crippen molar-refractivity contribution in [1.82, 2.24) is 14.8 Å². The Morgan fingerprint density at radius 1 is 1.62 bits per heavy atom. The Hall–Kier alpha value is -1.69. The van der Waals surface area contributed by atoms with Gasteiger partial charge in [0, 0.05) is 13.5 Å². The summed E-state index contributed by atoms with van der Waals surface area (Å²) in [5.41, 5.74) is 0. The highest BCUT2D eigenvalue weighted by atomic mass is 32.1. The lowest BCUT2D eigenvalue weighted by atomic mass is 10.3. The molecule has 84 valence electrons. The maximum atomic E-state index is 10.4. The fraction of sp³-hybridized carbons (Fsp3) is 0.300. The number of aryl methyl sites for hydroxylation is 2. The van der Waals surface area contributed by atoms with E-state index in [-0.39, 0.29) is 6.42 Å². The topological polar surface area (TPSA) is 68.0 Å². The monoisotopic (exact) mass is 237 g/mol. The second-order valence-electron chi connectivity index (χ2n) is 3.35. The largest absolute Gasteiger partial charge is 0.481 e. The number of hydrogen-bond donors (Lipinski definition) is 1. The molecule has 0 aliphatic rings. The van der Waals surface area contributed by atoms with Gasteiger partial charge in [0.1, 0.15) is 0 Å². The fourth-order valence-corrected chi connectivity index (χ4v) is 2.13. The van der Waals surface area contributed by atoms with Crippen molar-refractivity contribution in [3.05, 3.63) is 23.3 Å². The van der Waals surface area contributed by atoms with E-state index in [1.54, 1.807) is 16.0 Å². The van der Waals surface area contributed by atoms with E-state index < -0.39 is 5.97 Å². The zero-order valence-corrected chi connectivity index (χ0v) is 9.57. The lowest BCUT2D eigenvalue weighted by molar-refractivity contribution is -0.137. The average Bonchev–Trinajstić information content (AvgIpc) is 2.83. The van der Waals surface area contributed by atoms with Crippen LogP contribution < -0.4 is 0 Å². The molecule has 16 heavy (non-hydrogen) atoms. The third-order valence-electron chi connectivity index (χ3n) is 2.11. The summed E-state index contributed by atoms with van der Waals surface area (Å²) in [7, 11) is 1.81. The highest BCUT2D eigenvalue weighted by Crippen LogP contribution is 2.22.